The van der Waals surface area contributed by atoms with Gasteiger partial charge in [0.25, 0.3) is 0 Å². The first kappa shape index (κ1) is 14.1. The second-order valence-corrected chi connectivity index (χ2v) is 5.30. The second-order valence-electron chi connectivity index (χ2n) is 5.30. The average Bonchev–Trinajstić information content (AvgIpc) is 2.34. The van der Waals surface area contributed by atoms with Gasteiger partial charge in [0.15, 0.2) is 0 Å². The van der Waals surface area contributed by atoms with Crippen molar-refractivity contribution < 1.29 is 14.7 Å². The minimum atomic E-state index is -0.980. The van der Waals surface area contributed by atoms with Crippen molar-refractivity contribution in [3.63, 3.8) is 0 Å². The molecule has 1 unspecified atom stereocenters. The summed E-state index contributed by atoms with van der Waals surface area (Å²) >= 11 is 0. The Hall–Kier alpha value is -1.30. The van der Waals surface area contributed by atoms with E-state index < -0.39 is 12.1 Å². The molecule has 2 saturated heterocycles. The van der Waals surface area contributed by atoms with Gasteiger partial charge in [0, 0.05) is 32.7 Å². The third-order valence-electron chi connectivity index (χ3n) is 4.06. The standard InChI is InChI=1S/C13H23N3O3/c1-2-3-5-14-7-9-15(10-8-14)12(17)11-4-6-16(11)13(18)19/h11H,2-10H2,1H3,(H,18,19). The van der Waals surface area contributed by atoms with Gasteiger partial charge in [-0.15, -0.1) is 0 Å². The molecular formula is C13H23N3O3. The normalized spacial score (nSPS) is 24.2. The maximum absolute atomic E-state index is 12.2. The molecule has 0 radical (unpaired) electrons. The molecule has 2 amide bonds. The van der Waals surface area contributed by atoms with Gasteiger partial charge in [0.2, 0.25) is 5.91 Å². The topological polar surface area (TPSA) is 64.1 Å². The summed E-state index contributed by atoms with van der Waals surface area (Å²) in [6.07, 6.45) is 2.07. The van der Waals surface area contributed by atoms with Gasteiger partial charge in [0.05, 0.1) is 0 Å². The van der Waals surface area contributed by atoms with E-state index in [0.29, 0.717) is 13.0 Å². The molecule has 0 bridgehead atoms. The van der Waals surface area contributed by atoms with Crippen molar-refractivity contribution >= 4 is 12.0 Å². The molecule has 0 aromatic rings. The molecule has 1 N–H and O–H groups in total. The van der Waals surface area contributed by atoms with E-state index in [1.165, 1.54) is 17.7 Å². The Balaban J connectivity index is 1.78. The number of hydrogen-bond donors (Lipinski definition) is 1. The van der Waals surface area contributed by atoms with Crippen LogP contribution < -0.4 is 0 Å². The summed E-state index contributed by atoms with van der Waals surface area (Å²) < 4.78 is 0. The zero-order chi connectivity index (χ0) is 13.8. The van der Waals surface area contributed by atoms with Crippen LogP contribution in [0.5, 0.6) is 0 Å². The highest BCUT2D eigenvalue weighted by atomic mass is 16.4. The number of hydrogen-bond acceptors (Lipinski definition) is 3. The number of unbranched alkanes of at least 4 members (excludes halogenated alkanes) is 1. The average molecular weight is 269 g/mol. The Morgan fingerprint density at radius 1 is 1.16 bits per heavy atom. The highest BCUT2D eigenvalue weighted by Crippen LogP contribution is 2.20. The fraction of sp³-hybridized carbons (Fsp3) is 0.846. The maximum Gasteiger partial charge on any atom is 0.407 e. The van der Waals surface area contributed by atoms with Crippen LogP contribution in [-0.4, -0.2) is 77.1 Å². The number of likely N-dealkylation sites (tertiary alicyclic amines) is 1. The first-order valence-electron chi connectivity index (χ1n) is 7.14. The molecule has 2 rings (SSSR count). The third kappa shape index (κ3) is 3.18. The highest BCUT2D eigenvalue weighted by Gasteiger charge is 2.40. The van der Waals surface area contributed by atoms with Crippen molar-refractivity contribution in [3.8, 4) is 0 Å². The Labute approximate surface area is 114 Å². The molecule has 0 spiro atoms. The Morgan fingerprint density at radius 2 is 1.84 bits per heavy atom. The highest BCUT2D eigenvalue weighted by molar-refractivity contribution is 5.87. The van der Waals surface area contributed by atoms with Crippen molar-refractivity contribution in [3.05, 3.63) is 0 Å². The second kappa shape index (κ2) is 6.23. The minimum absolute atomic E-state index is 0.0104. The first-order valence-corrected chi connectivity index (χ1v) is 7.14. The molecule has 0 aromatic heterocycles. The van der Waals surface area contributed by atoms with Crippen molar-refractivity contribution in [2.24, 2.45) is 0 Å². The van der Waals surface area contributed by atoms with E-state index in [1.54, 1.807) is 0 Å². The van der Waals surface area contributed by atoms with Gasteiger partial charge in [-0.25, -0.2) is 4.79 Å². The number of carbonyl (C=O) groups is 2. The van der Waals surface area contributed by atoms with Crippen LogP contribution in [0.15, 0.2) is 0 Å². The van der Waals surface area contributed by atoms with Crippen LogP contribution in [0.25, 0.3) is 0 Å². The number of nitrogens with zero attached hydrogens (tertiary/aromatic N) is 3. The molecule has 2 heterocycles. The molecule has 108 valence electrons. The van der Waals surface area contributed by atoms with Crippen LogP contribution >= 0.6 is 0 Å². The molecule has 19 heavy (non-hydrogen) atoms. The van der Waals surface area contributed by atoms with Crippen molar-refractivity contribution in [1.29, 1.82) is 0 Å². The zero-order valence-electron chi connectivity index (χ0n) is 11.5. The number of carbonyl (C=O) groups excluding carboxylic acids is 1. The van der Waals surface area contributed by atoms with E-state index in [1.807, 2.05) is 4.90 Å². The summed E-state index contributed by atoms with van der Waals surface area (Å²) in [7, 11) is 0. The Morgan fingerprint density at radius 3 is 2.32 bits per heavy atom. The van der Waals surface area contributed by atoms with Crippen molar-refractivity contribution in [1.82, 2.24) is 14.7 Å². The van der Waals surface area contributed by atoms with Crippen LogP contribution in [0.4, 0.5) is 4.79 Å². The summed E-state index contributed by atoms with van der Waals surface area (Å²) in [6.45, 7) is 7.04. The van der Waals surface area contributed by atoms with Crippen LogP contribution in [0.3, 0.4) is 0 Å². The number of rotatable bonds is 4. The molecule has 6 nitrogen and oxygen atoms in total. The van der Waals surface area contributed by atoms with Crippen molar-refractivity contribution in [2.45, 2.75) is 32.2 Å². The quantitative estimate of drug-likeness (QED) is 0.815. The Bertz CT molecular complexity index is 340. The molecule has 2 aliphatic rings. The van der Waals surface area contributed by atoms with E-state index in [2.05, 4.69) is 11.8 Å². The van der Waals surface area contributed by atoms with Crippen molar-refractivity contribution in [2.75, 3.05) is 39.3 Å². The lowest BCUT2D eigenvalue weighted by atomic mass is 10.0. The first-order chi connectivity index (χ1) is 9.13. The monoisotopic (exact) mass is 269 g/mol. The summed E-state index contributed by atoms with van der Waals surface area (Å²) in [4.78, 5) is 28.6. The molecule has 0 saturated carbocycles. The maximum atomic E-state index is 12.2. The van der Waals surface area contributed by atoms with Gasteiger partial charge in [-0.2, -0.15) is 0 Å². The molecule has 0 aromatic carbocycles. The fourth-order valence-corrected chi connectivity index (χ4v) is 2.66. The van der Waals surface area contributed by atoms with Gasteiger partial charge < -0.3 is 10.0 Å². The molecular weight excluding hydrogens is 246 g/mol. The van der Waals surface area contributed by atoms with Gasteiger partial charge in [-0.05, 0) is 19.4 Å². The minimum Gasteiger partial charge on any atom is -0.465 e. The van der Waals surface area contributed by atoms with E-state index in [4.69, 9.17) is 5.11 Å². The summed E-state index contributed by atoms with van der Waals surface area (Å²) in [6, 6.07) is -0.431. The summed E-state index contributed by atoms with van der Waals surface area (Å²) in [5.41, 5.74) is 0. The molecule has 6 heteroatoms. The van der Waals surface area contributed by atoms with E-state index in [-0.39, 0.29) is 5.91 Å². The predicted octanol–water partition coefficient (Wildman–Crippen LogP) is 0.683. The number of amides is 2. The largest absolute Gasteiger partial charge is 0.465 e. The summed E-state index contributed by atoms with van der Waals surface area (Å²) in [5, 5.41) is 8.94. The van der Waals surface area contributed by atoms with Crippen LogP contribution in [0.2, 0.25) is 0 Å². The lowest BCUT2D eigenvalue weighted by molar-refractivity contribution is -0.142. The predicted molar refractivity (Wildman–Crippen MR) is 71.1 cm³/mol. The molecule has 1 atom stereocenters. The number of carboxylic acid groups (broad SMARTS) is 1. The van der Waals surface area contributed by atoms with Crippen LogP contribution in [0, 0.1) is 0 Å². The molecule has 2 fully saturated rings. The zero-order valence-corrected chi connectivity index (χ0v) is 11.5. The molecule has 0 aliphatic carbocycles. The summed E-state index contributed by atoms with van der Waals surface area (Å²) in [5.74, 6) is -0.0104. The smallest absolute Gasteiger partial charge is 0.407 e. The van der Waals surface area contributed by atoms with E-state index in [9.17, 15) is 9.59 Å². The van der Waals surface area contributed by atoms with Gasteiger partial charge in [0.1, 0.15) is 6.04 Å². The van der Waals surface area contributed by atoms with Gasteiger partial charge in [-0.3, -0.25) is 14.6 Å². The SMILES string of the molecule is CCCCN1CCN(C(=O)C2CCN2C(=O)O)CC1. The molecule has 2 aliphatic heterocycles. The van der Waals surface area contributed by atoms with Crippen LogP contribution in [-0.2, 0) is 4.79 Å². The van der Waals surface area contributed by atoms with Crippen LogP contribution in [0.1, 0.15) is 26.2 Å². The fourth-order valence-electron chi connectivity index (χ4n) is 2.66. The van der Waals surface area contributed by atoms with E-state index >= 15 is 0 Å². The lowest BCUT2D eigenvalue weighted by Gasteiger charge is -2.42. The van der Waals surface area contributed by atoms with Gasteiger partial charge >= 0.3 is 6.09 Å². The number of piperazine rings is 1. The third-order valence-corrected chi connectivity index (χ3v) is 4.06. The van der Waals surface area contributed by atoms with E-state index in [0.717, 1.165) is 32.7 Å². The lowest BCUT2D eigenvalue weighted by Crippen LogP contribution is -2.61. The Kier molecular flexibility index (Phi) is 4.63. The van der Waals surface area contributed by atoms with Gasteiger partial charge in [-0.1, -0.05) is 13.3 Å².